The Morgan fingerprint density at radius 3 is 2.53 bits per heavy atom. The van der Waals surface area contributed by atoms with Crippen molar-refractivity contribution in [2.45, 2.75) is 51.0 Å². The van der Waals surface area contributed by atoms with E-state index in [1.165, 1.54) is 37.5 Å². The van der Waals surface area contributed by atoms with Gasteiger partial charge in [-0.1, -0.05) is 54.6 Å². The van der Waals surface area contributed by atoms with E-state index in [9.17, 15) is 4.79 Å². The highest BCUT2D eigenvalue weighted by Gasteiger charge is 2.46. The molecule has 2 saturated carbocycles. The van der Waals surface area contributed by atoms with E-state index in [1.807, 2.05) is 6.07 Å². The Morgan fingerprint density at radius 2 is 1.75 bits per heavy atom. The number of hydrogen-bond donors (Lipinski definition) is 1. The van der Waals surface area contributed by atoms with Crippen LogP contribution in [0.4, 0.5) is 0 Å². The Bertz CT molecular complexity index is 877. The smallest absolute Gasteiger partial charge is 0.305 e. The lowest BCUT2D eigenvalue weighted by molar-refractivity contribution is -0.140. The lowest BCUT2D eigenvalue weighted by Gasteiger charge is -2.31. The second kappa shape index (κ2) is 11.3. The molecule has 2 aromatic carbocycles. The van der Waals surface area contributed by atoms with Gasteiger partial charge in [0.1, 0.15) is 12.5 Å². The van der Waals surface area contributed by atoms with Crippen LogP contribution in [0, 0.1) is 17.8 Å². The summed E-state index contributed by atoms with van der Waals surface area (Å²) in [5.74, 6) is 3.09. The molecule has 0 aliphatic heterocycles. The molecular weight excluding hydrogens is 398 g/mol. The Hall–Kier alpha value is -2.59. The molecule has 4 rings (SSSR count). The SMILES string of the molecule is COC(=O)CCC/C=C\C[C@@H]1[C@H]2CC[C@H](C2)[C@H]1NCOc1ccc(-c2ccccc2)cc1. The van der Waals surface area contributed by atoms with E-state index >= 15 is 0 Å². The number of allylic oxidation sites excluding steroid dienone is 2. The maximum absolute atomic E-state index is 11.2. The van der Waals surface area contributed by atoms with Gasteiger partial charge in [0, 0.05) is 12.5 Å². The van der Waals surface area contributed by atoms with E-state index in [4.69, 9.17) is 9.47 Å². The summed E-state index contributed by atoms with van der Waals surface area (Å²) < 4.78 is 10.7. The first kappa shape index (κ1) is 22.6. The fourth-order valence-electron chi connectivity index (χ4n) is 5.50. The van der Waals surface area contributed by atoms with E-state index in [1.54, 1.807) is 0 Å². The number of unbranched alkanes of at least 4 members (excludes halogenated alkanes) is 1. The molecule has 0 heterocycles. The van der Waals surface area contributed by atoms with Gasteiger partial charge >= 0.3 is 5.97 Å². The van der Waals surface area contributed by atoms with Gasteiger partial charge in [0.15, 0.2) is 0 Å². The maximum atomic E-state index is 11.2. The summed E-state index contributed by atoms with van der Waals surface area (Å²) in [6.45, 7) is 0.553. The predicted octanol–water partition coefficient (Wildman–Crippen LogP) is 5.98. The number of rotatable bonds is 11. The first-order chi connectivity index (χ1) is 15.7. The molecule has 4 atom stereocenters. The van der Waals surface area contributed by atoms with E-state index in [2.05, 4.69) is 66.0 Å². The number of carbonyl (C=O) groups is 1. The second-order valence-corrected chi connectivity index (χ2v) is 9.08. The van der Waals surface area contributed by atoms with Crippen molar-refractivity contribution in [2.75, 3.05) is 13.8 Å². The molecule has 1 N–H and O–H groups in total. The Kier molecular flexibility index (Phi) is 8.00. The minimum Gasteiger partial charge on any atom is -0.478 e. The van der Waals surface area contributed by atoms with Crippen molar-refractivity contribution in [2.24, 2.45) is 17.8 Å². The molecule has 32 heavy (non-hydrogen) atoms. The fraction of sp³-hybridized carbons (Fsp3) is 0.464. The minimum atomic E-state index is -0.120. The summed E-state index contributed by atoms with van der Waals surface area (Å²) >= 11 is 0. The van der Waals surface area contributed by atoms with Crippen LogP contribution >= 0.6 is 0 Å². The normalized spacial score (nSPS) is 24.2. The summed E-state index contributed by atoms with van der Waals surface area (Å²) in [7, 11) is 1.45. The van der Waals surface area contributed by atoms with Crippen LogP contribution in [0.3, 0.4) is 0 Å². The van der Waals surface area contributed by atoms with Gasteiger partial charge in [-0.3, -0.25) is 10.1 Å². The molecule has 0 aromatic heterocycles. The lowest BCUT2D eigenvalue weighted by atomic mass is 9.82. The third-order valence-corrected chi connectivity index (χ3v) is 7.16. The summed E-state index contributed by atoms with van der Waals surface area (Å²) in [5, 5.41) is 3.72. The molecule has 170 valence electrons. The highest BCUT2D eigenvalue weighted by molar-refractivity contribution is 5.69. The van der Waals surface area contributed by atoms with Gasteiger partial charge < -0.3 is 9.47 Å². The third kappa shape index (κ3) is 5.80. The van der Waals surface area contributed by atoms with Crippen LogP contribution in [0.5, 0.6) is 5.75 Å². The molecule has 2 aliphatic carbocycles. The average Bonchev–Trinajstić information content (AvgIpc) is 3.44. The zero-order valence-electron chi connectivity index (χ0n) is 19.0. The zero-order valence-corrected chi connectivity index (χ0v) is 19.0. The van der Waals surface area contributed by atoms with Gasteiger partial charge in [-0.05, 0) is 79.5 Å². The highest BCUT2D eigenvalue weighted by atomic mass is 16.5. The van der Waals surface area contributed by atoms with E-state index in [0.717, 1.165) is 36.8 Å². The maximum Gasteiger partial charge on any atom is 0.305 e. The van der Waals surface area contributed by atoms with Crippen LogP contribution in [0.15, 0.2) is 66.7 Å². The predicted molar refractivity (Wildman–Crippen MR) is 128 cm³/mol. The number of ether oxygens (including phenoxy) is 2. The fourth-order valence-corrected chi connectivity index (χ4v) is 5.50. The molecule has 0 spiro atoms. The van der Waals surface area contributed by atoms with Crippen molar-refractivity contribution in [3.63, 3.8) is 0 Å². The molecule has 2 aliphatic rings. The molecule has 4 heteroatoms. The minimum absolute atomic E-state index is 0.120. The van der Waals surface area contributed by atoms with Crippen molar-refractivity contribution in [3.8, 4) is 16.9 Å². The molecular formula is C28H35NO3. The Morgan fingerprint density at radius 1 is 1.00 bits per heavy atom. The topological polar surface area (TPSA) is 47.6 Å². The van der Waals surface area contributed by atoms with Gasteiger partial charge in [0.2, 0.25) is 0 Å². The van der Waals surface area contributed by atoms with E-state index in [0.29, 0.717) is 25.1 Å². The number of esters is 1. The molecule has 2 bridgehead atoms. The number of benzene rings is 2. The van der Waals surface area contributed by atoms with E-state index < -0.39 is 0 Å². The van der Waals surface area contributed by atoms with Gasteiger partial charge in [-0.15, -0.1) is 0 Å². The van der Waals surface area contributed by atoms with Gasteiger partial charge in [0.25, 0.3) is 0 Å². The molecule has 0 radical (unpaired) electrons. The monoisotopic (exact) mass is 433 g/mol. The van der Waals surface area contributed by atoms with Crippen molar-refractivity contribution in [3.05, 3.63) is 66.7 Å². The van der Waals surface area contributed by atoms with Crippen LogP contribution in [-0.2, 0) is 9.53 Å². The number of fused-ring (bicyclic) bond motifs is 2. The van der Waals surface area contributed by atoms with Gasteiger partial charge in [0.05, 0.1) is 7.11 Å². The summed E-state index contributed by atoms with van der Waals surface area (Å²) in [6.07, 6.45) is 12.0. The quantitative estimate of drug-likeness (QED) is 0.205. The summed E-state index contributed by atoms with van der Waals surface area (Å²) in [6, 6.07) is 19.3. The van der Waals surface area contributed by atoms with E-state index in [-0.39, 0.29) is 5.97 Å². The molecule has 0 amide bonds. The molecule has 2 fully saturated rings. The number of hydrogen-bond acceptors (Lipinski definition) is 4. The lowest BCUT2D eigenvalue weighted by Crippen LogP contribution is -2.42. The van der Waals surface area contributed by atoms with Gasteiger partial charge in [-0.2, -0.15) is 0 Å². The first-order valence-electron chi connectivity index (χ1n) is 12.0. The van der Waals surface area contributed by atoms with Crippen molar-refractivity contribution < 1.29 is 14.3 Å². The Labute approximate surface area is 192 Å². The van der Waals surface area contributed by atoms with Crippen molar-refractivity contribution in [1.29, 1.82) is 0 Å². The van der Waals surface area contributed by atoms with Crippen LogP contribution < -0.4 is 10.1 Å². The van der Waals surface area contributed by atoms with Gasteiger partial charge in [-0.25, -0.2) is 0 Å². The number of methoxy groups -OCH3 is 1. The number of nitrogens with one attached hydrogen (secondary N) is 1. The zero-order chi connectivity index (χ0) is 22.2. The Balaban J connectivity index is 1.23. The number of carbonyl (C=O) groups excluding carboxylic acids is 1. The third-order valence-electron chi connectivity index (χ3n) is 7.16. The van der Waals surface area contributed by atoms with Crippen LogP contribution in [0.1, 0.15) is 44.9 Å². The standard InChI is InChI=1S/C28H35NO3/c1-31-27(30)12-8-3-2-7-11-26-23-13-14-24(19-23)28(26)29-20-32-25-17-15-22(16-18-25)21-9-5-4-6-10-21/h2,4-7,9-10,15-18,23-24,26,28-29H,3,8,11-14,19-20H2,1H3/b7-2-/t23-,24+,26+,28+/m0/s1. The second-order valence-electron chi connectivity index (χ2n) is 9.08. The van der Waals surface area contributed by atoms with Crippen LogP contribution in [-0.4, -0.2) is 25.9 Å². The molecule has 4 nitrogen and oxygen atoms in total. The van der Waals surface area contributed by atoms with Crippen LogP contribution in [0.2, 0.25) is 0 Å². The molecule has 0 unspecified atom stereocenters. The van der Waals surface area contributed by atoms with Crippen molar-refractivity contribution >= 4 is 5.97 Å². The first-order valence-corrected chi connectivity index (χ1v) is 12.0. The van der Waals surface area contributed by atoms with Crippen LogP contribution in [0.25, 0.3) is 11.1 Å². The summed E-state index contributed by atoms with van der Waals surface area (Å²) in [4.78, 5) is 11.2. The highest BCUT2D eigenvalue weighted by Crippen LogP contribution is 2.49. The van der Waals surface area contributed by atoms with Crippen molar-refractivity contribution in [1.82, 2.24) is 5.32 Å². The molecule has 2 aromatic rings. The largest absolute Gasteiger partial charge is 0.478 e. The average molecular weight is 434 g/mol. The summed E-state index contributed by atoms with van der Waals surface area (Å²) in [5.41, 5.74) is 2.43. The molecule has 0 saturated heterocycles.